The second-order valence-electron chi connectivity index (χ2n) is 8.21. The number of nitrogens with zero attached hydrogens (tertiary/aromatic N) is 2. The molecule has 3 atom stereocenters. The van der Waals surface area contributed by atoms with Gasteiger partial charge < -0.3 is 5.32 Å². The summed E-state index contributed by atoms with van der Waals surface area (Å²) in [5.74, 6) is 1.59. The number of thiazole rings is 1. The molecule has 0 saturated heterocycles. The molecule has 1 heterocycles. The Bertz CT molecular complexity index is 957. The molecule has 3 unspecified atom stereocenters. The average molecular weight is 428 g/mol. The fourth-order valence-electron chi connectivity index (χ4n) is 4.83. The van der Waals surface area contributed by atoms with Crippen LogP contribution in [0, 0.1) is 23.6 Å². The molecule has 1 N–H and O–H groups in total. The lowest BCUT2D eigenvalue weighted by Gasteiger charge is -2.21. The number of fused-ring (bicyclic) bond motifs is 2. The van der Waals surface area contributed by atoms with Gasteiger partial charge in [-0.2, -0.15) is 0 Å². The van der Waals surface area contributed by atoms with Gasteiger partial charge in [0.15, 0.2) is 5.13 Å². The summed E-state index contributed by atoms with van der Waals surface area (Å²) in [7, 11) is 0. The summed E-state index contributed by atoms with van der Waals surface area (Å²) in [6.07, 6.45) is 9.59. The van der Waals surface area contributed by atoms with Crippen molar-refractivity contribution >= 4 is 40.0 Å². The number of carbonyl (C=O) groups excluding carboxylic acids is 2. The first-order valence-electron chi connectivity index (χ1n) is 10.5. The molecule has 2 saturated carbocycles. The molecule has 0 radical (unpaired) electrons. The van der Waals surface area contributed by atoms with E-state index in [-0.39, 0.29) is 17.5 Å². The molecule has 1 aromatic heterocycles. The van der Waals surface area contributed by atoms with Crippen LogP contribution in [0.1, 0.15) is 44.7 Å². The second kappa shape index (κ2) is 9.08. The maximum Gasteiger partial charge on any atom is 0.244 e. The molecule has 7 heteroatoms. The van der Waals surface area contributed by atoms with Crippen LogP contribution >= 0.6 is 11.3 Å². The van der Waals surface area contributed by atoms with Gasteiger partial charge in [0, 0.05) is 24.9 Å². The summed E-state index contributed by atoms with van der Waals surface area (Å²) in [5.41, 5.74) is 0.717. The molecule has 2 fully saturated rings. The first-order chi connectivity index (χ1) is 14.5. The Morgan fingerprint density at radius 1 is 1.30 bits per heavy atom. The van der Waals surface area contributed by atoms with Gasteiger partial charge in [-0.1, -0.05) is 18.6 Å². The van der Waals surface area contributed by atoms with Gasteiger partial charge in [-0.25, -0.2) is 9.37 Å². The Balaban J connectivity index is 1.33. The first-order valence-corrected chi connectivity index (χ1v) is 11.4. The Hall–Kier alpha value is -2.54. The first kappa shape index (κ1) is 20.7. The third kappa shape index (κ3) is 4.61. The Kier molecular flexibility index (Phi) is 6.27. The number of hydrogen-bond acceptors (Lipinski definition) is 4. The van der Waals surface area contributed by atoms with Crippen LogP contribution in [0.3, 0.4) is 0 Å². The molecule has 2 bridgehead atoms. The summed E-state index contributed by atoms with van der Waals surface area (Å²) in [5, 5.41) is 5.06. The van der Waals surface area contributed by atoms with Gasteiger partial charge in [-0.05, 0) is 61.6 Å². The quantitative estimate of drug-likeness (QED) is 0.638. The van der Waals surface area contributed by atoms with Crippen molar-refractivity contribution < 1.29 is 14.0 Å². The molecule has 5 nitrogen and oxygen atoms in total. The van der Waals surface area contributed by atoms with Crippen molar-refractivity contribution in [3.8, 4) is 0 Å². The predicted molar refractivity (Wildman–Crippen MR) is 117 cm³/mol. The molecule has 2 aliphatic carbocycles. The second-order valence-corrected chi connectivity index (χ2v) is 9.05. The number of rotatable bonds is 7. The number of amides is 2. The van der Waals surface area contributed by atoms with Crippen molar-refractivity contribution in [2.45, 2.75) is 39.0 Å². The number of carbonyl (C=O) groups is 2. The van der Waals surface area contributed by atoms with Crippen LogP contribution in [-0.2, 0) is 9.59 Å². The summed E-state index contributed by atoms with van der Waals surface area (Å²) in [4.78, 5) is 29.8. The number of benzene rings is 1. The number of anilines is 2. The largest absolute Gasteiger partial charge is 0.353 e. The maximum atomic E-state index is 14.1. The van der Waals surface area contributed by atoms with E-state index in [0.717, 1.165) is 24.2 Å². The number of hydrogen-bond donors (Lipinski definition) is 1. The fourth-order valence-corrected chi connectivity index (χ4v) is 5.67. The molecule has 2 amide bonds. The van der Waals surface area contributed by atoms with Crippen LogP contribution in [0.2, 0.25) is 0 Å². The fraction of sp³-hybridized carbons (Fsp3) is 0.435. The van der Waals surface area contributed by atoms with Crippen molar-refractivity contribution in [3.05, 3.63) is 47.2 Å². The van der Waals surface area contributed by atoms with Crippen molar-refractivity contribution in [1.82, 2.24) is 10.3 Å². The lowest BCUT2D eigenvalue weighted by atomic mass is 9.86. The van der Waals surface area contributed by atoms with Gasteiger partial charge in [0.2, 0.25) is 11.8 Å². The van der Waals surface area contributed by atoms with Crippen molar-refractivity contribution in [3.63, 3.8) is 0 Å². The lowest BCUT2D eigenvalue weighted by Crippen LogP contribution is -2.25. The van der Waals surface area contributed by atoms with E-state index in [9.17, 15) is 14.0 Å². The predicted octanol–water partition coefficient (Wildman–Crippen LogP) is 4.92. The van der Waals surface area contributed by atoms with Crippen molar-refractivity contribution in [2.75, 3.05) is 11.4 Å². The SMILES string of the molecule is CC(=O)N(c1nc(C=CC(=O)NCCC2CC3CCC2C3)cs1)c1ccccc1F. The minimum absolute atomic E-state index is 0.148. The molecular formula is C23H26FN3O2S. The van der Waals surface area contributed by atoms with Crippen LogP contribution in [-0.4, -0.2) is 23.3 Å². The smallest absolute Gasteiger partial charge is 0.244 e. The van der Waals surface area contributed by atoms with Crippen LogP contribution in [0.4, 0.5) is 15.2 Å². The lowest BCUT2D eigenvalue weighted by molar-refractivity contribution is -0.117. The molecular weight excluding hydrogens is 401 g/mol. The van der Waals surface area contributed by atoms with Crippen molar-refractivity contribution in [1.29, 1.82) is 0 Å². The third-order valence-electron chi connectivity index (χ3n) is 6.21. The zero-order valence-corrected chi connectivity index (χ0v) is 17.8. The van der Waals surface area contributed by atoms with E-state index in [2.05, 4.69) is 10.3 Å². The highest BCUT2D eigenvalue weighted by Gasteiger charge is 2.38. The summed E-state index contributed by atoms with van der Waals surface area (Å²) in [6, 6.07) is 6.09. The zero-order valence-electron chi connectivity index (χ0n) is 17.0. The minimum Gasteiger partial charge on any atom is -0.353 e. The van der Waals surface area contributed by atoms with Gasteiger partial charge in [0.25, 0.3) is 0 Å². The third-order valence-corrected chi connectivity index (χ3v) is 7.06. The van der Waals surface area contributed by atoms with E-state index in [1.807, 2.05) is 0 Å². The van der Waals surface area contributed by atoms with E-state index in [1.54, 1.807) is 23.6 Å². The molecule has 30 heavy (non-hydrogen) atoms. The number of nitrogens with one attached hydrogen (secondary N) is 1. The van der Waals surface area contributed by atoms with Crippen molar-refractivity contribution in [2.24, 2.45) is 17.8 Å². The normalized spacial score (nSPS) is 22.5. The van der Waals surface area contributed by atoms with E-state index >= 15 is 0 Å². The zero-order chi connectivity index (χ0) is 21.1. The molecule has 2 aromatic rings. The summed E-state index contributed by atoms with van der Waals surface area (Å²) in [6.45, 7) is 2.07. The van der Waals surface area contributed by atoms with Crippen LogP contribution in [0.25, 0.3) is 6.08 Å². The highest BCUT2D eigenvalue weighted by atomic mass is 32.1. The minimum atomic E-state index is -0.491. The molecule has 2 aliphatic rings. The van der Waals surface area contributed by atoms with Gasteiger partial charge in [-0.3, -0.25) is 14.5 Å². The Morgan fingerprint density at radius 3 is 2.83 bits per heavy atom. The highest BCUT2D eigenvalue weighted by Crippen LogP contribution is 2.49. The van der Waals surface area contributed by atoms with E-state index in [0.29, 0.717) is 17.4 Å². The maximum absolute atomic E-state index is 14.1. The van der Waals surface area contributed by atoms with E-state index in [1.165, 1.54) is 67.1 Å². The molecule has 0 aliphatic heterocycles. The van der Waals surface area contributed by atoms with Crippen LogP contribution < -0.4 is 10.2 Å². The van der Waals surface area contributed by atoms with E-state index < -0.39 is 5.82 Å². The van der Waals surface area contributed by atoms with Crippen LogP contribution in [0.15, 0.2) is 35.7 Å². The molecule has 1 aromatic carbocycles. The summed E-state index contributed by atoms with van der Waals surface area (Å²) >= 11 is 1.23. The van der Waals surface area contributed by atoms with E-state index in [4.69, 9.17) is 0 Å². The van der Waals surface area contributed by atoms with Gasteiger partial charge in [-0.15, -0.1) is 11.3 Å². The topological polar surface area (TPSA) is 62.3 Å². The Morgan fingerprint density at radius 2 is 2.13 bits per heavy atom. The number of aromatic nitrogens is 1. The number of halogens is 1. The molecule has 0 spiro atoms. The molecule has 4 rings (SSSR count). The van der Waals surface area contributed by atoms with Gasteiger partial charge >= 0.3 is 0 Å². The number of para-hydroxylation sites is 1. The monoisotopic (exact) mass is 427 g/mol. The average Bonchev–Trinajstić information content (AvgIpc) is 3.45. The Labute approximate surface area is 180 Å². The standard InChI is InChI=1S/C23H26FN3O2S/c1-15(28)27(21-5-3-2-4-20(21)24)23-26-19(14-30-23)8-9-22(29)25-11-10-18-13-16-6-7-17(18)12-16/h2-5,8-9,14,16-18H,6-7,10-13H2,1H3,(H,25,29). The van der Waals surface area contributed by atoms with Crippen LogP contribution in [0.5, 0.6) is 0 Å². The molecule has 158 valence electrons. The van der Waals surface area contributed by atoms with Gasteiger partial charge in [0.1, 0.15) is 5.82 Å². The van der Waals surface area contributed by atoms with Gasteiger partial charge in [0.05, 0.1) is 11.4 Å². The summed E-state index contributed by atoms with van der Waals surface area (Å²) < 4.78 is 14.1. The highest BCUT2D eigenvalue weighted by molar-refractivity contribution is 7.14.